The van der Waals surface area contributed by atoms with Gasteiger partial charge >= 0.3 is 23.8 Å². The van der Waals surface area contributed by atoms with Gasteiger partial charge in [-0.05, 0) is 0 Å². The summed E-state index contributed by atoms with van der Waals surface area (Å²) in [5.74, 6) is -17.5. The molecule has 0 aromatic heterocycles. The molecule has 2 N–H and O–H groups in total. The third-order valence-electron chi connectivity index (χ3n) is 3.10. The molecule has 0 amide bonds. The van der Waals surface area contributed by atoms with E-state index in [9.17, 15) is 27.2 Å². The van der Waals surface area contributed by atoms with Crippen LogP contribution in [0.15, 0.2) is 0 Å². The Hall–Kier alpha value is -1.38. The van der Waals surface area contributed by atoms with E-state index in [1.165, 1.54) is 0 Å². The largest absolute Gasteiger partial charge is 0.479 e. The second kappa shape index (κ2) is 3.09. The van der Waals surface area contributed by atoms with Gasteiger partial charge in [0, 0.05) is 0 Å². The maximum absolute atomic E-state index is 13.0. The Kier molecular flexibility index (Phi) is 2.20. The number of fused-ring (bicyclic) bond motifs is 1. The zero-order chi connectivity index (χ0) is 13.2. The number of rotatable bonds is 2. The number of halogens is 4. The minimum atomic E-state index is -4.56. The number of alkyl halides is 4. The van der Waals surface area contributed by atoms with E-state index in [1.807, 2.05) is 0 Å². The Morgan fingerprint density at radius 3 is 1.41 bits per heavy atom. The lowest BCUT2D eigenvalue weighted by Gasteiger charge is -2.48. The van der Waals surface area contributed by atoms with Crippen LogP contribution in [0.25, 0.3) is 0 Å². The molecule has 1 aliphatic carbocycles. The van der Waals surface area contributed by atoms with E-state index in [0.717, 1.165) is 0 Å². The van der Waals surface area contributed by atoms with Crippen molar-refractivity contribution >= 4 is 11.9 Å². The molecule has 1 aliphatic heterocycles. The predicted molar refractivity (Wildman–Crippen MR) is 40.8 cm³/mol. The molecular formula is C8H6F4O5. The van der Waals surface area contributed by atoms with Crippen molar-refractivity contribution in [2.45, 2.75) is 24.1 Å². The van der Waals surface area contributed by atoms with Crippen molar-refractivity contribution < 1.29 is 42.1 Å². The molecule has 2 fully saturated rings. The molecule has 2 rings (SSSR count). The van der Waals surface area contributed by atoms with Crippen molar-refractivity contribution in [1.82, 2.24) is 0 Å². The summed E-state index contributed by atoms with van der Waals surface area (Å²) < 4.78 is 56.4. The molecule has 0 spiro atoms. The average Bonchev–Trinajstić information content (AvgIpc) is 2.56. The fourth-order valence-corrected chi connectivity index (χ4v) is 2.31. The van der Waals surface area contributed by atoms with Crippen molar-refractivity contribution in [2.75, 3.05) is 0 Å². The van der Waals surface area contributed by atoms with Crippen molar-refractivity contribution in [1.29, 1.82) is 0 Å². The number of hydrogen-bond acceptors (Lipinski definition) is 3. The molecule has 0 unspecified atom stereocenters. The normalized spacial score (nSPS) is 41.4. The van der Waals surface area contributed by atoms with Crippen LogP contribution < -0.4 is 0 Å². The molecule has 4 atom stereocenters. The van der Waals surface area contributed by atoms with Crippen LogP contribution in [0.1, 0.15) is 0 Å². The second-order valence-corrected chi connectivity index (χ2v) is 3.95. The number of aliphatic carboxylic acids is 2. The summed E-state index contributed by atoms with van der Waals surface area (Å²) in [5.41, 5.74) is 0. The van der Waals surface area contributed by atoms with Crippen molar-refractivity contribution in [3.8, 4) is 0 Å². The molecular weight excluding hydrogens is 252 g/mol. The quantitative estimate of drug-likeness (QED) is 0.702. The highest BCUT2D eigenvalue weighted by atomic mass is 19.3. The van der Waals surface area contributed by atoms with Crippen LogP contribution in [0.5, 0.6) is 0 Å². The Labute approximate surface area is 91.0 Å². The molecule has 9 heteroatoms. The van der Waals surface area contributed by atoms with Crippen LogP contribution in [0.4, 0.5) is 17.6 Å². The summed E-state index contributed by atoms with van der Waals surface area (Å²) in [5, 5.41) is 17.1. The Bertz CT molecular complexity index is 359. The summed E-state index contributed by atoms with van der Waals surface area (Å²) in [6, 6.07) is 0. The van der Waals surface area contributed by atoms with Crippen LogP contribution in [-0.2, 0) is 14.3 Å². The van der Waals surface area contributed by atoms with E-state index >= 15 is 0 Å². The maximum atomic E-state index is 13.0. The molecule has 1 saturated heterocycles. The van der Waals surface area contributed by atoms with Crippen LogP contribution in [-0.4, -0.2) is 46.2 Å². The highest BCUT2D eigenvalue weighted by Crippen LogP contribution is 2.65. The van der Waals surface area contributed by atoms with Gasteiger partial charge in [0.15, 0.2) is 12.2 Å². The zero-order valence-corrected chi connectivity index (χ0v) is 7.94. The minimum Gasteiger partial charge on any atom is -0.479 e. The third kappa shape index (κ3) is 1.22. The monoisotopic (exact) mass is 258 g/mol. The first kappa shape index (κ1) is 12.1. The van der Waals surface area contributed by atoms with Crippen molar-refractivity contribution in [3.63, 3.8) is 0 Å². The molecule has 0 aromatic rings. The number of carboxylic acids is 2. The Balaban J connectivity index is 2.39. The number of ether oxygens (including phenoxy) is 1. The topological polar surface area (TPSA) is 83.8 Å². The van der Waals surface area contributed by atoms with Gasteiger partial charge in [-0.15, -0.1) is 0 Å². The first-order chi connectivity index (χ1) is 7.62. The van der Waals surface area contributed by atoms with E-state index in [1.54, 1.807) is 0 Å². The van der Waals surface area contributed by atoms with Crippen LogP contribution in [0.2, 0.25) is 0 Å². The molecule has 2 aliphatic rings. The van der Waals surface area contributed by atoms with E-state index in [0.29, 0.717) is 0 Å². The van der Waals surface area contributed by atoms with E-state index < -0.39 is 47.8 Å². The van der Waals surface area contributed by atoms with Gasteiger partial charge < -0.3 is 14.9 Å². The summed E-state index contributed by atoms with van der Waals surface area (Å²) in [7, 11) is 0. The van der Waals surface area contributed by atoms with E-state index in [2.05, 4.69) is 4.74 Å². The SMILES string of the molecule is O=C(O)[C@@H]1O[C@@H](C(=O)O)[C@@H]2[C@@H]1C(F)(F)C2(F)F. The van der Waals surface area contributed by atoms with Gasteiger partial charge in [-0.1, -0.05) is 0 Å². The van der Waals surface area contributed by atoms with Gasteiger partial charge in [-0.2, -0.15) is 17.6 Å². The van der Waals surface area contributed by atoms with Gasteiger partial charge in [-0.25, -0.2) is 9.59 Å². The molecule has 0 bridgehead atoms. The molecule has 1 saturated carbocycles. The molecule has 96 valence electrons. The smallest absolute Gasteiger partial charge is 0.333 e. The predicted octanol–water partition coefficient (Wildman–Crippen LogP) is 0.440. The average molecular weight is 258 g/mol. The number of hydrogen-bond donors (Lipinski definition) is 2. The molecule has 5 nitrogen and oxygen atoms in total. The van der Waals surface area contributed by atoms with Crippen LogP contribution in [0.3, 0.4) is 0 Å². The number of carbonyl (C=O) groups is 2. The first-order valence-electron chi connectivity index (χ1n) is 4.49. The summed E-state index contributed by atoms with van der Waals surface area (Å²) in [4.78, 5) is 21.1. The van der Waals surface area contributed by atoms with Gasteiger partial charge in [0.25, 0.3) is 0 Å². The molecule has 1 heterocycles. The molecule has 0 aromatic carbocycles. The van der Waals surface area contributed by atoms with Gasteiger partial charge in [0.1, 0.15) is 0 Å². The second-order valence-electron chi connectivity index (χ2n) is 3.95. The van der Waals surface area contributed by atoms with Crippen LogP contribution >= 0.6 is 0 Å². The van der Waals surface area contributed by atoms with Gasteiger partial charge in [0.05, 0.1) is 11.8 Å². The number of carboxylic acid groups (broad SMARTS) is 2. The Morgan fingerprint density at radius 2 is 1.18 bits per heavy atom. The molecule has 17 heavy (non-hydrogen) atoms. The fourth-order valence-electron chi connectivity index (χ4n) is 2.31. The van der Waals surface area contributed by atoms with Gasteiger partial charge in [-0.3, -0.25) is 0 Å². The summed E-state index contributed by atoms with van der Waals surface area (Å²) in [6.45, 7) is 0. The van der Waals surface area contributed by atoms with E-state index in [-0.39, 0.29) is 0 Å². The fraction of sp³-hybridized carbons (Fsp3) is 0.750. The van der Waals surface area contributed by atoms with Crippen molar-refractivity contribution in [3.05, 3.63) is 0 Å². The summed E-state index contributed by atoms with van der Waals surface area (Å²) in [6.07, 6.45) is -4.45. The zero-order valence-electron chi connectivity index (χ0n) is 7.94. The lowest BCUT2D eigenvalue weighted by atomic mass is 9.63. The van der Waals surface area contributed by atoms with Crippen molar-refractivity contribution in [2.24, 2.45) is 11.8 Å². The minimum absolute atomic E-state index is 1.88. The standard InChI is InChI=1S/C8H6F4O5/c9-7(10)1-2(8(7,11)12)4(6(15)16)17-3(1)5(13)14/h1-4H,(H,13,14)(H,15,16)/t1-,2-,3+,4+/m0/s1. The lowest BCUT2D eigenvalue weighted by Crippen LogP contribution is -2.69. The first-order valence-corrected chi connectivity index (χ1v) is 4.49. The van der Waals surface area contributed by atoms with Crippen LogP contribution in [0, 0.1) is 11.8 Å². The highest BCUT2D eigenvalue weighted by Gasteiger charge is 2.86. The Morgan fingerprint density at radius 1 is 0.882 bits per heavy atom. The third-order valence-corrected chi connectivity index (χ3v) is 3.10. The summed E-state index contributed by atoms with van der Waals surface area (Å²) >= 11 is 0. The van der Waals surface area contributed by atoms with E-state index in [4.69, 9.17) is 10.2 Å². The lowest BCUT2D eigenvalue weighted by molar-refractivity contribution is -0.347. The molecule has 0 radical (unpaired) electrons. The van der Waals surface area contributed by atoms with Gasteiger partial charge in [0.2, 0.25) is 0 Å². The maximum Gasteiger partial charge on any atom is 0.333 e. The highest BCUT2D eigenvalue weighted by molar-refractivity contribution is 5.79.